The molecule has 8 heteroatoms. The lowest BCUT2D eigenvalue weighted by Gasteiger charge is -2.37. The molecule has 2 N–H and O–H groups in total. The highest BCUT2D eigenvalue weighted by molar-refractivity contribution is 5.94. The van der Waals surface area contributed by atoms with Crippen LogP contribution in [0.3, 0.4) is 0 Å². The Balaban J connectivity index is 1.36. The molecule has 0 saturated carbocycles. The summed E-state index contributed by atoms with van der Waals surface area (Å²) in [5.41, 5.74) is 0.152. The molecular weight excluding hydrogens is 390 g/mol. The molecule has 6 nitrogen and oxygen atoms in total. The van der Waals surface area contributed by atoms with Crippen molar-refractivity contribution < 1.29 is 18.4 Å². The highest BCUT2D eigenvalue weighted by atomic mass is 19.2. The summed E-state index contributed by atoms with van der Waals surface area (Å²) in [6.07, 6.45) is 4.82. The Morgan fingerprint density at radius 2 is 1.80 bits per heavy atom. The van der Waals surface area contributed by atoms with Gasteiger partial charge in [0.2, 0.25) is 11.8 Å². The molecule has 0 spiro atoms. The zero-order valence-corrected chi connectivity index (χ0v) is 17.6. The van der Waals surface area contributed by atoms with E-state index in [4.69, 9.17) is 0 Å². The number of carbonyl (C=O) groups is 2. The maximum absolute atomic E-state index is 13.2. The molecular formula is C22H32F2N4O2. The molecule has 0 aromatic heterocycles. The molecule has 2 aliphatic rings. The van der Waals surface area contributed by atoms with Crippen LogP contribution in [0.1, 0.15) is 32.6 Å². The van der Waals surface area contributed by atoms with Crippen LogP contribution in [-0.2, 0) is 9.59 Å². The summed E-state index contributed by atoms with van der Waals surface area (Å²) in [5, 5.41) is 5.05. The number of benzene rings is 1. The van der Waals surface area contributed by atoms with Crippen LogP contribution < -0.4 is 10.6 Å². The van der Waals surface area contributed by atoms with Gasteiger partial charge < -0.3 is 15.5 Å². The molecule has 3 rings (SSSR count). The van der Waals surface area contributed by atoms with E-state index < -0.39 is 17.5 Å². The summed E-state index contributed by atoms with van der Waals surface area (Å²) in [4.78, 5) is 28.9. The van der Waals surface area contributed by atoms with Gasteiger partial charge in [0.05, 0.1) is 13.1 Å². The van der Waals surface area contributed by atoms with Gasteiger partial charge in [-0.15, -0.1) is 0 Å². The highest BCUT2D eigenvalue weighted by Gasteiger charge is 2.25. The van der Waals surface area contributed by atoms with Crippen molar-refractivity contribution in [1.82, 2.24) is 15.1 Å². The summed E-state index contributed by atoms with van der Waals surface area (Å²) < 4.78 is 26.1. The number of anilines is 1. The summed E-state index contributed by atoms with van der Waals surface area (Å²) in [6.45, 7) is 7.62. The van der Waals surface area contributed by atoms with Crippen LogP contribution in [0.5, 0.6) is 0 Å². The maximum atomic E-state index is 13.2. The third-order valence-electron chi connectivity index (χ3n) is 6.01. The third kappa shape index (κ3) is 7.02. The van der Waals surface area contributed by atoms with Crippen molar-refractivity contribution >= 4 is 17.5 Å². The predicted molar refractivity (Wildman–Crippen MR) is 112 cm³/mol. The molecule has 1 aromatic rings. The van der Waals surface area contributed by atoms with Crippen LogP contribution in [0, 0.1) is 23.5 Å². The van der Waals surface area contributed by atoms with Gasteiger partial charge in [-0.05, 0) is 69.3 Å². The van der Waals surface area contributed by atoms with Crippen molar-refractivity contribution in [3.05, 3.63) is 29.8 Å². The minimum Gasteiger partial charge on any atom is -0.346 e. The maximum Gasteiger partial charge on any atom is 0.243 e. The van der Waals surface area contributed by atoms with E-state index in [0.29, 0.717) is 5.92 Å². The molecule has 2 saturated heterocycles. The van der Waals surface area contributed by atoms with Gasteiger partial charge in [0.15, 0.2) is 11.6 Å². The Bertz CT molecular complexity index is 738. The molecule has 0 radical (unpaired) electrons. The number of nitrogens with one attached hydrogen (secondary N) is 2. The molecule has 0 bridgehead atoms. The van der Waals surface area contributed by atoms with Gasteiger partial charge in [-0.25, -0.2) is 8.78 Å². The second-order valence-corrected chi connectivity index (χ2v) is 8.68. The number of nitrogens with zero attached hydrogens (tertiary/aromatic N) is 2. The normalized spacial score (nSPS) is 21.4. The molecule has 1 atom stereocenters. The quantitative estimate of drug-likeness (QED) is 0.709. The van der Waals surface area contributed by atoms with Crippen molar-refractivity contribution in [2.24, 2.45) is 11.8 Å². The Kier molecular flexibility index (Phi) is 8.16. The monoisotopic (exact) mass is 422 g/mol. The Labute approximate surface area is 177 Å². The number of halogens is 2. The standard InChI is InChI=1S/C22H32F2N4O2/c1-16-6-9-27(10-7-16)13-17-3-2-8-28(14-17)15-22(30)25-12-21(29)26-18-4-5-19(23)20(24)11-18/h4-5,11,16-17H,2-3,6-10,12-15H2,1H3,(H,25,30)(H,26,29). The Morgan fingerprint density at radius 3 is 2.53 bits per heavy atom. The Morgan fingerprint density at radius 1 is 1.03 bits per heavy atom. The SMILES string of the molecule is CC1CCN(CC2CCCN(CC(=O)NCC(=O)Nc3ccc(F)c(F)c3)C2)CC1. The zero-order valence-electron chi connectivity index (χ0n) is 17.6. The number of hydrogen-bond acceptors (Lipinski definition) is 4. The first kappa shape index (κ1) is 22.6. The van der Waals surface area contributed by atoms with Gasteiger partial charge in [0, 0.05) is 24.8 Å². The van der Waals surface area contributed by atoms with E-state index in [1.165, 1.54) is 38.4 Å². The van der Waals surface area contributed by atoms with Gasteiger partial charge >= 0.3 is 0 Å². The predicted octanol–water partition coefficient (Wildman–Crippen LogP) is 2.46. The van der Waals surface area contributed by atoms with Gasteiger partial charge in [-0.1, -0.05) is 6.92 Å². The summed E-state index contributed by atoms with van der Waals surface area (Å²) >= 11 is 0. The van der Waals surface area contributed by atoms with E-state index in [2.05, 4.69) is 27.4 Å². The fourth-order valence-corrected chi connectivity index (χ4v) is 4.27. The van der Waals surface area contributed by atoms with Crippen molar-refractivity contribution in [3.63, 3.8) is 0 Å². The molecule has 166 valence electrons. The first-order chi connectivity index (χ1) is 14.4. The minimum absolute atomic E-state index is 0.152. The van der Waals surface area contributed by atoms with E-state index in [9.17, 15) is 18.4 Å². The number of likely N-dealkylation sites (tertiary alicyclic amines) is 2. The largest absolute Gasteiger partial charge is 0.346 e. The van der Waals surface area contributed by atoms with Gasteiger partial charge in [-0.2, -0.15) is 0 Å². The van der Waals surface area contributed by atoms with Crippen molar-refractivity contribution in [3.8, 4) is 0 Å². The molecule has 0 aliphatic carbocycles. The van der Waals surface area contributed by atoms with E-state index in [-0.39, 0.29) is 24.7 Å². The van der Waals surface area contributed by atoms with Gasteiger partial charge in [0.1, 0.15) is 0 Å². The van der Waals surface area contributed by atoms with Crippen molar-refractivity contribution in [1.29, 1.82) is 0 Å². The molecule has 2 fully saturated rings. The molecule has 2 heterocycles. The number of hydrogen-bond donors (Lipinski definition) is 2. The summed E-state index contributed by atoms with van der Waals surface area (Å²) in [6, 6.07) is 3.13. The number of amides is 2. The van der Waals surface area contributed by atoms with Crippen LogP contribution in [-0.4, -0.2) is 67.4 Å². The topological polar surface area (TPSA) is 64.7 Å². The van der Waals surface area contributed by atoms with E-state index in [1.807, 2.05) is 0 Å². The van der Waals surface area contributed by atoms with Crippen LogP contribution >= 0.6 is 0 Å². The lowest BCUT2D eigenvalue weighted by molar-refractivity contribution is -0.125. The minimum atomic E-state index is -1.03. The number of rotatable bonds is 7. The number of piperidine rings is 2. The van der Waals surface area contributed by atoms with Crippen LogP contribution in [0.25, 0.3) is 0 Å². The van der Waals surface area contributed by atoms with Crippen LogP contribution in [0.4, 0.5) is 14.5 Å². The molecule has 2 aliphatic heterocycles. The van der Waals surface area contributed by atoms with Gasteiger partial charge in [-0.3, -0.25) is 14.5 Å². The lowest BCUT2D eigenvalue weighted by Crippen LogP contribution is -2.47. The summed E-state index contributed by atoms with van der Waals surface area (Å²) in [7, 11) is 0. The molecule has 1 unspecified atom stereocenters. The van der Waals surface area contributed by atoms with Gasteiger partial charge in [0.25, 0.3) is 0 Å². The number of carbonyl (C=O) groups excluding carboxylic acids is 2. The Hall–Kier alpha value is -2.06. The average molecular weight is 423 g/mol. The van der Waals surface area contributed by atoms with Crippen molar-refractivity contribution in [2.45, 2.75) is 32.6 Å². The third-order valence-corrected chi connectivity index (χ3v) is 6.01. The molecule has 30 heavy (non-hydrogen) atoms. The fourth-order valence-electron chi connectivity index (χ4n) is 4.27. The lowest BCUT2D eigenvalue weighted by atomic mass is 9.94. The fraction of sp³-hybridized carbons (Fsp3) is 0.636. The second-order valence-electron chi connectivity index (χ2n) is 8.68. The average Bonchev–Trinajstić information content (AvgIpc) is 2.71. The smallest absolute Gasteiger partial charge is 0.243 e. The summed E-state index contributed by atoms with van der Waals surface area (Å²) in [5.74, 6) is -1.29. The highest BCUT2D eigenvalue weighted by Crippen LogP contribution is 2.21. The van der Waals surface area contributed by atoms with Crippen LogP contribution in [0.15, 0.2) is 18.2 Å². The van der Waals surface area contributed by atoms with Crippen molar-refractivity contribution in [2.75, 3.05) is 51.1 Å². The van der Waals surface area contributed by atoms with E-state index in [1.54, 1.807) is 0 Å². The molecule has 2 amide bonds. The first-order valence-corrected chi connectivity index (χ1v) is 10.9. The first-order valence-electron chi connectivity index (χ1n) is 10.9. The molecule has 1 aromatic carbocycles. The van der Waals surface area contributed by atoms with Crippen LogP contribution in [0.2, 0.25) is 0 Å². The second kappa shape index (κ2) is 10.8. The zero-order chi connectivity index (χ0) is 21.5. The van der Waals surface area contributed by atoms with E-state index in [0.717, 1.165) is 44.1 Å². The van der Waals surface area contributed by atoms with E-state index >= 15 is 0 Å².